The van der Waals surface area contributed by atoms with Crippen molar-refractivity contribution < 1.29 is 4.79 Å². The topological polar surface area (TPSA) is 46.3 Å². The van der Waals surface area contributed by atoms with E-state index in [0.29, 0.717) is 13.0 Å². The summed E-state index contributed by atoms with van der Waals surface area (Å²) in [6.07, 6.45) is 2.39. The predicted octanol–water partition coefficient (Wildman–Crippen LogP) is 2.06. The minimum absolute atomic E-state index is 0.207. The number of rotatable bonds is 6. The van der Waals surface area contributed by atoms with Crippen LogP contribution >= 0.6 is 0 Å². The van der Waals surface area contributed by atoms with E-state index < -0.39 is 0 Å². The molecule has 0 aliphatic rings. The summed E-state index contributed by atoms with van der Waals surface area (Å²) in [4.78, 5) is 13.8. The Kier molecular flexibility index (Phi) is 4.99. The molecule has 0 aromatic heterocycles. The SMILES string of the molecule is CN(C)c1ccc(C(=O)CCCCN)cc1. The number of Topliss-reactive ketones (excluding diaryl/α,β-unsaturated/α-hetero) is 1. The van der Waals surface area contributed by atoms with Gasteiger partial charge in [-0.05, 0) is 43.7 Å². The van der Waals surface area contributed by atoms with Crippen molar-refractivity contribution in [3.63, 3.8) is 0 Å². The Morgan fingerprint density at radius 3 is 2.31 bits per heavy atom. The number of carbonyl (C=O) groups is 1. The summed E-state index contributed by atoms with van der Waals surface area (Å²) in [6.45, 7) is 0.660. The second-order valence-electron chi connectivity index (χ2n) is 4.11. The van der Waals surface area contributed by atoms with Crippen LogP contribution in [0.1, 0.15) is 29.6 Å². The van der Waals surface area contributed by atoms with Crippen molar-refractivity contribution in [2.24, 2.45) is 5.73 Å². The standard InChI is InChI=1S/C13H20N2O/c1-15(2)12-8-6-11(7-9-12)13(16)5-3-4-10-14/h6-9H,3-5,10,14H2,1-2H3. The maximum absolute atomic E-state index is 11.7. The Hall–Kier alpha value is -1.35. The lowest BCUT2D eigenvalue weighted by molar-refractivity contribution is 0.0979. The molecule has 2 N–H and O–H groups in total. The van der Waals surface area contributed by atoms with Crippen molar-refractivity contribution in [2.75, 3.05) is 25.5 Å². The second-order valence-corrected chi connectivity index (χ2v) is 4.11. The van der Waals surface area contributed by atoms with E-state index in [1.165, 1.54) is 0 Å². The van der Waals surface area contributed by atoms with Crippen LogP contribution in [0.15, 0.2) is 24.3 Å². The molecule has 3 nitrogen and oxygen atoms in total. The van der Waals surface area contributed by atoms with E-state index in [2.05, 4.69) is 0 Å². The smallest absolute Gasteiger partial charge is 0.162 e. The average Bonchev–Trinajstić information content (AvgIpc) is 2.29. The van der Waals surface area contributed by atoms with Crippen LogP contribution in [0.2, 0.25) is 0 Å². The second kappa shape index (κ2) is 6.28. The number of ketones is 1. The van der Waals surface area contributed by atoms with Gasteiger partial charge in [-0.1, -0.05) is 0 Å². The molecule has 0 amide bonds. The van der Waals surface area contributed by atoms with Gasteiger partial charge in [-0.3, -0.25) is 4.79 Å². The summed E-state index contributed by atoms with van der Waals surface area (Å²) in [7, 11) is 3.97. The van der Waals surface area contributed by atoms with Gasteiger partial charge in [-0.25, -0.2) is 0 Å². The highest BCUT2D eigenvalue weighted by atomic mass is 16.1. The number of nitrogens with zero attached hydrogens (tertiary/aromatic N) is 1. The zero-order chi connectivity index (χ0) is 12.0. The Labute approximate surface area is 97.2 Å². The van der Waals surface area contributed by atoms with Gasteiger partial charge in [0.1, 0.15) is 0 Å². The molecule has 0 aliphatic carbocycles. The number of hydrogen-bond donors (Lipinski definition) is 1. The van der Waals surface area contributed by atoms with Crippen molar-refractivity contribution in [1.29, 1.82) is 0 Å². The minimum Gasteiger partial charge on any atom is -0.378 e. The van der Waals surface area contributed by atoms with E-state index in [9.17, 15) is 4.79 Å². The largest absolute Gasteiger partial charge is 0.378 e. The first-order valence-electron chi connectivity index (χ1n) is 5.66. The van der Waals surface area contributed by atoms with Gasteiger partial charge >= 0.3 is 0 Å². The lowest BCUT2D eigenvalue weighted by atomic mass is 10.1. The highest BCUT2D eigenvalue weighted by Gasteiger charge is 2.05. The van der Waals surface area contributed by atoms with Crippen LogP contribution in [0, 0.1) is 0 Å². The van der Waals surface area contributed by atoms with Gasteiger partial charge in [-0.2, -0.15) is 0 Å². The van der Waals surface area contributed by atoms with Crippen LogP contribution in [-0.4, -0.2) is 26.4 Å². The number of unbranched alkanes of at least 4 members (excludes halogenated alkanes) is 1. The summed E-state index contributed by atoms with van der Waals surface area (Å²) >= 11 is 0. The third-order valence-electron chi connectivity index (χ3n) is 2.56. The van der Waals surface area contributed by atoms with Crippen LogP contribution in [-0.2, 0) is 0 Å². The summed E-state index contributed by atoms with van der Waals surface area (Å²) in [5, 5.41) is 0. The van der Waals surface area contributed by atoms with Crippen molar-refractivity contribution in [2.45, 2.75) is 19.3 Å². The molecule has 0 bridgehead atoms. The highest BCUT2D eigenvalue weighted by molar-refractivity contribution is 5.96. The first-order valence-corrected chi connectivity index (χ1v) is 5.66. The Balaban J connectivity index is 2.56. The van der Waals surface area contributed by atoms with Crippen molar-refractivity contribution in [1.82, 2.24) is 0 Å². The Morgan fingerprint density at radius 1 is 1.19 bits per heavy atom. The molecule has 88 valence electrons. The quantitative estimate of drug-likeness (QED) is 0.589. The summed E-state index contributed by atoms with van der Waals surface area (Å²) < 4.78 is 0. The van der Waals surface area contributed by atoms with Crippen LogP contribution in [0.4, 0.5) is 5.69 Å². The molecule has 0 atom stereocenters. The fraction of sp³-hybridized carbons (Fsp3) is 0.462. The van der Waals surface area contributed by atoms with Crippen LogP contribution in [0.3, 0.4) is 0 Å². The first kappa shape index (κ1) is 12.7. The maximum Gasteiger partial charge on any atom is 0.162 e. The number of nitrogens with two attached hydrogens (primary N) is 1. The van der Waals surface area contributed by atoms with E-state index in [-0.39, 0.29) is 5.78 Å². The molecule has 0 aliphatic heterocycles. The molecule has 0 heterocycles. The zero-order valence-corrected chi connectivity index (χ0v) is 10.1. The molecule has 3 heteroatoms. The van der Waals surface area contributed by atoms with Crippen LogP contribution in [0.5, 0.6) is 0 Å². The molecule has 1 aromatic rings. The normalized spacial score (nSPS) is 10.2. The van der Waals surface area contributed by atoms with E-state index >= 15 is 0 Å². The molecule has 16 heavy (non-hydrogen) atoms. The monoisotopic (exact) mass is 220 g/mol. The van der Waals surface area contributed by atoms with Gasteiger partial charge in [0.2, 0.25) is 0 Å². The summed E-state index contributed by atoms with van der Waals surface area (Å²) in [5.41, 5.74) is 7.29. The number of anilines is 1. The third-order valence-corrected chi connectivity index (χ3v) is 2.56. The van der Waals surface area contributed by atoms with Gasteiger partial charge in [0.15, 0.2) is 5.78 Å². The van der Waals surface area contributed by atoms with E-state index in [1.54, 1.807) is 0 Å². The van der Waals surface area contributed by atoms with Crippen molar-refractivity contribution in [3.8, 4) is 0 Å². The van der Waals surface area contributed by atoms with E-state index in [0.717, 1.165) is 24.1 Å². The van der Waals surface area contributed by atoms with Gasteiger partial charge < -0.3 is 10.6 Å². The van der Waals surface area contributed by atoms with E-state index in [1.807, 2.05) is 43.3 Å². The third kappa shape index (κ3) is 3.66. The lowest BCUT2D eigenvalue weighted by Gasteiger charge is -2.12. The fourth-order valence-corrected chi connectivity index (χ4v) is 1.52. The predicted molar refractivity (Wildman–Crippen MR) is 68.0 cm³/mol. The molecule has 0 saturated heterocycles. The Morgan fingerprint density at radius 2 is 1.81 bits per heavy atom. The van der Waals surface area contributed by atoms with Crippen LogP contribution in [0.25, 0.3) is 0 Å². The zero-order valence-electron chi connectivity index (χ0n) is 10.1. The Bertz CT molecular complexity index is 330. The van der Waals surface area contributed by atoms with Gasteiger partial charge in [0, 0.05) is 31.8 Å². The molecule has 0 fully saturated rings. The van der Waals surface area contributed by atoms with Gasteiger partial charge in [0.05, 0.1) is 0 Å². The fourth-order valence-electron chi connectivity index (χ4n) is 1.52. The van der Waals surface area contributed by atoms with Crippen molar-refractivity contribution >= 4 is 11.5 Å². The molecular weight excluding hydrogens is 200 g/mol. The summed E-state index contributed by atoms with van der Waals surface area (Å²) in [5.74, 6) is 0.207. The number of benzene rings is 1. The molecule has 1 aromatic carbocycles. The molecular formula is C13H20N2O. The molecule has 0 spiro atoms. The number of hydrogen-bond acceptors (Lipinski definition) is 3. The van der Waals surface area contributed by atoms with Crippen LogP contribution < -0.4 is 10.6 Å². The van der Waals surface area contributed by atoms with Gasteiger partial charge in [0.25, 0.3) is 0 Å². The average molecular weight is 220 g/mol. The maximum atomic E-state index is 11.7. The highest BCUT2D eigenvalue weighted by Crippen LogP contribution is 2.14. The molecule has 0 unspecified atom stereocenters. The molecule has 0 saturated carbocycles. The number of carbonyl (C=O) groups excluding carboxylic acids is 1. The molecule has 1 rings (SSSR count). The molecule has 0 radical (unpaired) electrons. The van der Waals surface area contributed by atoms with Crippen molar-refractivity contribution in [3.05, 3.63) is 29.8 Å². The minimum atomic E-state index is 0.207. The van der Waals surface area contributed by atoms with E-state index in [4.69, 9.17) is 5.73 Å². The van der Waals surface area contributed by atoms with Gasteiger partial charge in [-0.15, -0.1) is 0 Å². The lowest BCUT2D eigenvalue weighted by Crippen LogP contribution is -2.09. The first-order chi connectivity index (χ1) is 7.65. The summed E-state index contributed by atoms with van der Waals surface area (Å²) in [6, 6.07) is 7.71.